The zero-order chi connectivity index (χ0) is 14.8. The molecule has 6 heteroatoms. The Morgan fingerprint density at radius 3 is 2.85 bits per heavy atom. The van der Waals surface area contributed by atoms with E-state index in [1.807, 2.05) is 18.2 Å². The Morgan fingerprint density at radius 1 is 1.45 bits per heavy atom. The van der Waals surface area contributed by atoms with Gasteiger partial charge in [0.15, 0.2) is 5.17 Å². The zero-order valence-corrected chi connectivity index (χ0v) is 12.8. The van der Waals surface area contributed by atoms with Crippen LogP contribution in [0.5, 0.6) is 0 Å². The summed E-state index contributed by atoms with van der Waals surface area (Å²) in [6.45, 7) is 2.59. The molecule has 0 atom stereocenters. The standard InChI is InChI=1S/C14H21N3O2S/c1-3-19-14(18)17(13(15)20-2)11-7-5-9-12-8-4-6-10-16-12/h4,6,8,10,15H,3,5,7,9,11H2,1-2H3. The van der Waals surface area contributed by atoms with Gasteiger partial charge in [-0.05, 0) is 44.6 Å². The number of amidine groups is 1. The molecule has 1 heterocycles. The second-order valence-electron chi connectivity index (χ2n) is 4.14. The molecule has 0 aliphatic heterocycles. The number of pyridine rings is 1. The van der Waals surface area contributed by atoms with Crippen molar-refractivity contribution >= 4 is 23.0 Å². The quantitative estimate of drug-likeness (QED) is 0.497. The lowest BCUT2D eigenvalue weighted by molar-refractivity contribution is 0.128. The third-order valence-corrected chi connectivity index (χ3v) is 3.32. The maximum atomic E-state index is 11.7. The van der Waals surface area contributed by atoms with E-state index in [4.69, 9.17) is 10.1 Å². The zero-order valence-electron chi connectivity index (χ0n) is 12.0. The van der Waals surface area contributed by atoms with Crippen molar-refractivity contribution in [1.82, 2.24) is 9.88 Å². The number of aryl methyl sites for hydroxylation is 1. The molecule has 20 heavy (non-hydrogen) atoms. The highest BCUT2D eigenvalue weighted by atomic mass is 32.2. The number of hydrogen-bond donors (Lipinski definition) is 1. The van der Waals surface area contributed by atoms with Crippen LogP contribution in [0.15, 0.2) is 24.4 Å². The van der Waals surface area contributed by atoms with Crippen LogP contribution < -0.4 is 0 Å². The number of nitrogens with one attached hydrogen (secondary N) is 1. The van der Waals surface area contributed by atoms with Gasteiger partial charge in [-0.1, -0.05) is 17.8 Å². The lowest BCUT2D eigenvalue weighted by Gasteiger charge is -2.20. The summed E-state index contributed by atoms with van der Waals surface area (Å²) in [5, 5.41) is 8.00. The summed E-state index contributed by atoms with van der Waals surface area (Å²) >= 11 is 1.24. The molecule has 0 saturated heterocycles. The van der Waals surface area contributed by atoms with Gasteiger partial charge in [0.05, 0.1) is 6.61 Å². The summed E-state index contributed by atoms with van der Waals surface area (Å²) in [5.41, 5.74) is 1.05. The summed E-state index contributed by atoms with van der Waals surface area (Å²) in [7, 11) is 0. The molecule has 1 aromatic heterocycles. The van der Waals surface area contributed by atoms with E-state index in [2.05, 4.69) is 4.98 Å². The number of rotatable bonds is 6. The van der Waals surface area contributed by atoms with Gasteiger partial charge in [0, 0.05) is 18.4 Å². The van der Waals surface area contributed by atoms with Gasteiger partial charge >= 0.3 is 6.09 Å². The van der Waals surface area contributed by atoms with Crippen LogP contribution in [0.4, 0.5) is 4.79 Å². The van der Waals surface area contributed by atoms with Crippen LogP contribution in [-0.4, -0.2) is 40.6 Å². The maximum Gasteiger partial charge on any atom is 0.415 e. The normalized spacial score (nSPS) is 10.1. The van der Waals surface area contributed by atoms with Crippen molar-refractivity contribution in [3.63, 3.8) is 0 Å². The van der Waals surface area contributed by atoms with Crippen molar-refractivity contribution < 1.29 is 9.53 Å². The Kier molecular flexibility index (Phi) is 7.72. The lowest BCUT2D eigenvalue weighted by atomic mass is 10.2. The average molecular weight is 295 g/mol. The van der Waals surface area contributed by atoms with E-state index in [1.165, 1.54) is 16.7 Å². The Hall–Kier alpha value is -1.56. The molecule has 5 nitrogen and oxygen atoms in total. The summed E-state index contributed by atoms with van der Waals surface area (Å²) in [6, 6.07) is 5.86. The molecule has 0 fully saturated rings. The van der Waals surface area contributed by atoms with E-state index in [9.17, 15) is 4.79 Å². The maximum absolute atomic E-state index is 11.7. The molecule has 0 aromatic carbocycles. The number of ether oxygens (including phenoxy) is 1. The predicted molar refractivity (Wildman–Crippen MR) is 82.1 cm³/mol. The number of carbonyl (C=O) groups is 1. The first-order valence-electron chi connectivity index (χ1n) is 6.65. The van der Waals surface area contributed by atoms with Gasteiger partial charge < -0.3 is 4.74 Å². The second kappa shape index (κ2) is 9.36. The fourth-order valence-corrected chi connectivity index (χ4v) is 2.10. The van der Waals surface area contributed by atoms with Crippen LogP contribution in [0.2, 0.25) is 0 Å². The number of carbonyl (C=O) groups excluding carboxylic acids is 1. The Balaban J connectivity index is 2.38. The Labute approximate surface area is 124 Å². The molecule has 0 aliphatic rings. The van der Waals surface area contributed by atoms with Gasteiger partial charge in [0.25, 0.3) is 0 Å². The first-order valence-corrected chi connectivity index (χ1v) is 7.88. The van der Waals surface area contributed by atoms with Crippen molar-refractivity contribution in [2.75, 3.05) is 19.4 Å². The molecule has 1 amide bonds. The SMILES string of the molecule is CCOC(=O)N(CCCCc1ccccn1)C(=N)SC. The molecular formula is C14H21N3O2S. The first-order chi connectivity index (χ1) is 9.69. The topological polar surface area (TPSA) is 66.3 Å². The highest BCUT2D eigenvalue weighted by Gasteiger charge is 2.18. The summed E-state index contributed by atoms with van der Waals surface area (Å²) in [6.07, 6.45) is 5.74. The molecule has 0 unspecified atom stereocenters. The number of hydrogen-bond acceptors (Lipinski definition) is 5. The van der Waals surface area contributed by atoms with Gasteiger partial charge in [-0.2, -0.15) is 0 Å². The van der Waals surface area contributed by atoms with Crippen molar-refractivity contribution in [3.8, 4) is 0 Å². The molecule has 110 valence electrons. The number of unbranched alkanes of at least 4 members (excludes halogenated alkanes) is 1. The smallest absolute Gasteiger partial charge is 0.415 e. The van der Waals surface area contributed by atoms with Gasteiger partial charge in [-0.3, -0.25) is 15.3 Å². The van der Waals surface area contributed by atoms with Gasteiger partial charge in [-0.15, -0.1) is 0 Å². The molecule has 1 rings (SSSR count). The highest BCUT2D eigenvalue weighted by Crippen LogP contribution is 2.09. The van der Waals surface area contributed by atoms with E-state index >= 15 is 0 Å². The van der Waals surface area contributed by atoms with Crippen LogP contribution in [0.3, 0.4) is 0 Å². The van der Waals surface area contributed by atoms with E-state index in [0.29, 0.717) is 13.2 Å². The minimum Gasteiger partial charge on any atom is -0.449 e. The largest absolute Gasteiger partial charge is 0.449 e. The average Bonchev–Trinajstić information content (AvgIpc) is 2.47. The fourth-order valence-electron chi connectivity index (χ4n) is 1.71. The van der Waals surface area contributed by atoms with E-state index in [1.54, 1.807) is 19.4 Å². The van der Waals surface area contributed by atoms with Crippen LogP contribution in [0.25, 0.3) is 0 Å². The van der Waals surface area contributed by atoms with Crippen LogP contribution in [0.1, 0.15) is 25.5 Å². The molecule has 1 aromatic rings. The first kappa shape index (κ1) is 16.5. The van der Waals surface area contributed by atoms with E-state index in [0.717, 1.165) is 25.0 Å². The van der Waals surface area contributed by atoms with E-state index < -0.39 is 6.09 Å². The van der Waals surface area contributed by atoms with Crippen LogP contribution >= 0.6 is 11.8 Å². The highest BCUT2D eigenvalue weighted by molar-refractivity contribution is 8.13. The molecule has 0 radical (unpaired) electrons. The number of aromatic nitrogens is 1. The third kappa shape index (κ3) is 5.61. The summed E-state index contributed by atoms with van der Waals surface area (Å²) < 4.78 is 4.96. The minimum absolute atomic E-state index is 0.223. The van der Waals surface area contributed by atoms with Gasteiger partial charge in [0.2, 0.25) is 0 Å². The van der Waals surface area contributed by atoms with Crippen molar-refractivity contribution in [2.24, 2.45) is 0 Å². The van der Waals surface area contributed by atoms with Crippen LogP contribution in [-0.2, 0) is 11.2 Å². The molecule has 1 N–H and O–H groups in total. The van der Waals surface area contributed by atoms with E-state index in [-0.39, 0.29) is 5.17 Å². The minimum atomic E-state index is -0.440. The number of nitrogens with zero attached hydrogens (tertiary/aromatic N) is 2. The van der Waals surface area contributed by atoms with Gasteiger partial charge in [-0.25, -0.2) is 4.79 Å². The molecule has 0 bridgehead atoms. The van der Waals surface area contributed by atoms with Crippen molar-refractivity contribution in [3.05, 3.63) is 30.1 Å². The van der Waals surface area contributed by atoms with Crippen molar-refractivity contribution in [2.45, 2.75) is 26.2 Å². The Bertz CT molecular complexity index is 426. The molecular weight excluding hydrogens is 274 g/mol. The molecule has 0 spiro atoms. The van der Waals surface area contributed by atoms with Gasteiger partial charge in [0.1, 0.15) is 0 Å². The Morgan fingerprint density at radius 2 is 2.25 bits per heavy atom. The summed E-state index contributed by atoms with van der Waals surface area (Å²) in [5.74, 6) is 0. The second-order valence-corrected chi connectivity index (χ2v) is 4.93. The molecule has 0 aliphatic carbocycles. The molecule has 0 saturated carbocycles. The monoisotopic (exact) mass is 295 g/mol. The number of thioether (sulfide) groups is 1. The third-order valence-electron chi connectivity index (χ3n) is 2.72. The predicted octanol–water partition coefficient (Wildman–Crippen LogP) is 3.16. The summed E-state index contributed by atoms with van der Waals surface area (Å²) in [4.78, 5) is 17.4. The van der Waals surface area contributed by atoms with Crippen molar-refractivity contribution in [1.29, 1.82) is 5.41 Å². The lowest BCUT2D eigenvalue weighted by Crippen LogP contribution is -2.36. The van der Waals surface area contributed by atoms with Crippen LogP contribution in [0, 0.1) is 5.41 Å². The number of amides is 1. The fraction of sp³-hybridized carbons (Fsp3) is 0.500.